The van der Waals surface area contributed by atoms with Crippen molar-refractivity contribution in [2.45, 2.75) is 0 Å². The Morgan fingerprint density at radius 3 is 2.24 bits per heavy atom. The van der Waals surface area contributed by atoms with Crippen LogP contribution in [-0.4, -0.2) is 5.78 Å². The molecular weight excluding hydrogens is 348 g/mol. The molecule has 4 rings (SSSR count). The zero-order valence-corrected chi connectivity index (χ0v) is 14.8. The molecule has 0 heterocycles. The quantitative estimate of drug-likeness (QED) is 0.393. The summed E-state index contributed by atoms with van der Waals surface area (Å²) in [5.74, 6) is 0.0398. The molecule has 0 amide bonds. The van der Waals surface area contributed by atoms with Gasteiger partial charge in [0.15, 0.2) is 5.78 Å². The molecule has 0 atom stereocenters. The number of carbonyl (C=O) groups is 1. The fourth-order valence-electron chi connectivity index (χ4n) is 2.52. The van der Waals surface area contributed by atoms with Crippen molar-refractivity contribution in [2.24, 2.45) is 0 Å². The molecule has 2 aromatic carbocycles. The van der Waals surface area contributed by atoms with Crippen molar-refractivity contribution in [1.82, 2.24) is 0 Å². The topological polar surface area (TPSA) is 17.1 Å². The maximum absolute atomic E-state index is 12.3. The molecule has 2 aliphatic carbocycles. The molecule has 25 heavy (non-hydrogen) atoms. The first-order valence-corrected chi connectivity index (χ1v) is 7.93. The van der Waals surface area contributed by atoms with Crippen LogP contribution < -0.4 is 0 Å². The smallest absolute Gasteiger partial charge is 0.186 e. The number of rotatable bonds is 3. The molecule has 0 aliphatic heterocycles. The number of ketones is 1. The van der Waals surface area contributed by atoms with Gasteiger partial charge in [-0.05, 0) is 22.4 Å². The molecule has 1 nitrogen and oxygen atoms in total. The van der Waals surface area contributed by atoms with Crippen LogP contribution >= 0.6 is 0 Å². The average Bonchev–Trinajstić information content (AvgIpc) is 3.35. The molecule has 0 aromatic heterocycles. The van der Waals surface area contributed by atoms with Gasteiger partial charge >= 0.3 is 0 Å². The molecule has 0 spiro atoms. The third kappa shape index (κ3) is 5.29. The Kier molecular flexibility index (Phi) is 7.40. The number of allylic oxidation sites excluding steroid dienone is 10. The summed E-state index contributed by atoms with van der Waals surface area (Å²) in [6.45, 7) is 0. The van der Waals surface area contributed by atoms with E-state index in [2.05, 4.69) is 0 Å². The van der Waals surface area contributed by atoms with Gasteiger partial charge in [0.1, 0.15) is 0 Å². The summed E-state index contributed by atoms with van der Waals surface area (Å²) >= 11 is 0. The summed E-state index contributed by atoms with van der Waals surface area (Å²) in [7, 11) is 0. The van der Waals surface area contributed by atoms with E-state index in [0.29, 0.717) is 0 Å². The van der Waals surface area contributed by atoms with Gasteiger partial charge < -0.3 is 0 Å². The molecule has 2 aliphatic rings. The SMILES string of the molecule is O=C(/C=C/C1=CC=C[CH]1)c1cccc2ccccc12.[CH]1C=CC=C1.[Fe]. The summed E-state index contributed by atoms with van der Waals surface area (Å²) < 4.78 is 0. The molecule has 0 saturated carbocycles. The first-order chi connectivity index (χ1) is 11.8. The first-order valence-electron chi connectivity index (χ1n) is 7.93. The van der Waals surface area contributed by atoms with Crippen LogP contribution in [0.2, 0.25) is 0 Å². The molecular formula is C23H18FeO. The van der Waals surface area contributed by atoms with Crippen LogP contribution in [0.15, 0.2) is 103 Å². The normalized spacial score (nSPS) is 14.3. The minimum Gasteiger partial charge on any atom is -0.289 e. The van der Waals surface area contributed by atoms with Crippen molar-refractivity contribution in [3.8, 4) is 0 Å². The molecule has 0 N–H and O–H groups in total. The van der Waals surface area contributed by atoms with Gasteiger partial charge in [-0.2, -0.15) is 0 Å². The van der Waals surface area contributed by atoms with Crippen LogP contribution in [0.4, 0.5) is 0 Å². The Bertz CT molecular complexity index is 867. The zero-order chi connectivity index (χ0) is 16.6. The molecule has 2 radical (unpaired) electrons. The van der Waals surface area contributed by atoms with Gasteiger partial charge in [0.2, 0.25) is 0 Å². The van der Waals surface area contributed by atoms with E-state index in [-0.39, 0.29) is 22.9 Å². The van der Waals surface area contributed by atoms with Gasteiger partial charge in [0.05, 0.1) is 0 Å². The van der Waals surface area contributed by atoms with Crippen LogP contribution in [0.3, 0.4) is 0 Å². The summed E-state index contributed by atoms with van der Waals surface area (Å²) in [6, 6.07) is 13.8. The largest absolute Gasteiger partial charge is 0.289 e. The average molecular weight is 366 g/mol. The van der Waals surface area contributed by atoms with Gasteiger partial charge in [-0.25, -0.2) is 0 Å². The maximum atomic E-state index is 12.3. The number of fused-ring (bicyclic) bond motifs is 1. The van der Waals surface area contributed by atoms with Crippen LogP contribution in [0, 0.1) is 12.8 Å². The number of hydrogen-bond donors (Lipinski definition) is 0. The molecule has 124 valence electrons. The van der Waals surface area contributed by atoms with Crippen molar-refractivity contribution < 1.29 is 21.9 Å². The summed E-state index contributed by atoms with van der Waals surface area (Å²) in [5.41, 5.74) is 1.80. The van der Waals surface area contributed by atoms with Crippen LogP contribution in [0.25, 0.3) is 10.8 Å². The molecule has 0 saturated heterocycles. The Labute approximate surface area is 159 Å². The van der Waals surface area contributed by atoms with Gasteiger partial charge in [-0.15, -0.1) is 0 Å². The minimum absolute atomic E-state index is 0. The standard InChI is InChI=1S/C18H13O.C5H5.Fe/c19-18(13-12-14-6-1-2-7-14)17-11-5-9-15-8-3-4-10-16(15)17;1-2-4-5-3-1;/h1-13H;1-5H;/b13-12+;;. The van der Waals surface area contributed by atoms with E-state index < -0.39 is 0 Å². The Morgan fingerprint density at radius 1 is 0.800 bits per heavy atom. The molecule has 0 fully saturated rings. The number of carbonyl (C=O) groups excluding carboxylic acids is 1. The summed E-state index contributed by atoms with van der Waals surface area (Å²) in [4.78, 5) is 12.3. The van der Waals surface area contributed by atoms with Crippen molar-refractivity contribution in [3.05, 3.63) is 121 Å². The fraction of sp³-hybridized carbons (Fsp3) is 0. The van der Waals surface area contributed by atoms with Gasteiger partial charge in [-0.3, -0.25) is 4.79 Å². The molecule has 2 aromatic rings. The van der Waals surface area contributed by atoms with E-state index in [9.17, 15) is 4.79 Å². The van der Waals surface area contributed by atoms with Crippen molar-refractivity contribution >= 4 is 16.6 Å². The second kappa shape index (κ2) is 9.78. The Hall–Kier alpha value is -2.41. The molecule has 2 heteroatoms. The zero-order valence-electron chi connectivity index (χ0n) is 13.7. The Morgan fingerprint density at radius 2 is 1.56 bits per heavy atom. The fourth-order valence-corrected chi connectivity index (χ4v) is 2.52. The van der Waals surface area contributed by atoms with Crippen LogP contribution in [0.5, 0.6) is 0 Å². The van der Waals surface area contributed by atoms with Crippen molar-refractivity contribution in [1.29, 1.82) is 0 Å². The number of hydrogen-bond acceptors (Lipinski definition) is 1. The van der Waals surface area contributed by atoms with Crippen molar-refractivity contribution in [3.63, 3.8) is 0 Å². The minimum atomic E-state index is 0. The predicted molar refractivity (Wildman–Crippen MR) is 102 cm³/mol. The van der Waals surface area contributed by atoms with E-state index in [4.69, 9.17) is 0 Å². The van der Waals surface area contributed by atoms with E-state index >= 15 is 0 Å². The van der Waals surface area contributed by atoms with Gasteiger partial charge in [0.25, 0.3) is 0 Å². The monoisotopic (exact) mass is 366 g/mol. The van der Waals surface area contributed by atoms with E-state index in [1.54, 1.807) is 6.08 Å². The first kappa shape index (κ1) is 18.9. The predicted octanol–water partition coefficient (Wildman–Crippen LogP) is 5.59. The summed E-state index contributed by atoms with van der Waals surface area (Å²) in [5, 5.41) is 2.09. The van der Waals surface area contributed by atoms with Crippen LogP contribution in [0.1, 0.15) is 10.4 Å². The second-order valence-electron chi connectivity index (χ2n) is 5.40. The molecule has 0 unspecified atom stereocenters. The second-order valence-corrected chi connectivity index (χ2v) is 5.40. The third-order valence-electron chi connectivity index (χ3n) is 3.73. The van der Waals surface area contributed by atoms with E-state index in [0.717, 1.165) is 21.9 Å². The molecule has 0 bridgehead atoms. The van der Waals surface area contributed by atoms with E-state index in [1.807, 2.05) is 104 Å². The van der Waals surface area contributed by atoms with Gasteiger partial charge in [-0.1, -0.05) is 91.1 Å². The third-order valence-corrected chi connectivity index (χ3v) is 3.73. The van der Waals surface area contributed by atoms with E-state index in [1.165, 1.54) is 0 Å². The maximum Gasteiger partial charge on any atom is 0.186 e. The number of benzene rings is 2. The Balaban J connectivity index is 0.000000325. The van der Waals surface area contributed by atoms with Crippen LogP contribution in [-0.2, 0) is 17.1 Å². The van der Waals surface area contributed by atoms with Crippen molar-refractivity contribution in [2.75, 3.05) is 0 Å². The summed E-state index contributed by atoms with van der Waals surface area (Å²) in [6.07, 6.45) is 21.4. The van der Waals surface area contributed by atoms with Gasteiger partial charge in [0, 0.05) is 35.5 Å².